The summed E-state index contributed by atoms with van der Waals surface area (Å²) in [7, 11) is -0.971. The van der Waals surface area contributed by atoms with Gasteiger partial charge in [0.1, 0.15) is 0 Å². The molecule has 3 rings (SSSR count). The molecule has 0 spiro atoms. The number of aromatic amines is 1. The van der Waals surface area contributed by atoms with Crippen molar-refractivity contribution < 1.29 is 8.42 Å². The van der Waals surface area contributed by atoms with Crippen molar-refractivity contribution in [2.75, 3.05) is 18.6 Å². The van der Waals surface area contributed by atoms with E-state index in [2.05, 4.69) is 10.1 Å². The topological polar surface area (TPSA) is 71.0 Å². The first-order valence-electron chi connectivity index (χ1n) is 7.48. The Morgan fingerprint density at radius 2 is 2.09 bits per heavy atom. The van der Waals surface area contributed by atoms with Gasteiger partial charge in [-0.3, -0.25) is 10.00 Å². The number of sulfone groups is 1. The lowest BCUT2D eigenvalue weighted by Gasteiger charge is -2.22. The maximum absolute atomic E-state index is 11.6. The molecule has 1 aromatic carbocycles. The normalized spacial score (nSPS) is 20.2. The Bertz CT molecular complexity index is 852. The van der Waals surface area contributed by atoms with Gasteiger partial charge in [-0.1, -0.05) is 29.8 Å². The summed E-state index contributed by atoms with van der Waals surface area (Å²) in [6.07, 6.45) is 0.672. The average Bonchev–Trinajstić information content (AvgIpc) is 3.03. The number of rotatable bonds is 4. The van der Waals surface area contributed by atoms with Crippen LogP contribution < -0.4 is 0 Å². The van der Waals surface area contributed by atoms with Crippen LogP contribution in [0.1, 0.15) is 12.0 Å². The zero-order valence-corrected chi connectivity index (χ0v) is 14.8. The molecule has 0 radical (unpaired) electrons. The van der Waals surface area contributed by atoms with Gasteiger partial charge in [-0.25, -0.2) is 13.1 Å². The molecule has 124 valence electrons. The van der Waals surface area contributed by atoms with E-state index in [1.54, 1.807) is 4.68 Å². The van der Waals surface area contributed by atoms with Crippen molar-refractivity contribution in [2.24, 2.45) is 0 Å². The van der Waals surface area contributed by atoms with Crippen LogP contribution in [0.25, 0.3) is 11.4 Å². The van der Waals surface area contributed by atoms with Crippen molar-refractivity contribution in [1.29, 1.82) is 0 Å². The second kappa shape index (κ2) is 6.18. The fourth-order valence-electron chi connectivity index (χ4n) is 2.75. The Morgan fingerprint density at radius 3 is 2.70 bits per heavy atom. The molecule has 0 amide bonds. The number of aryl methyl sites for hydroxylation is 1. The van der Waals surface area contributed by atoms with E-state index < -0.39 is 9.84 Å². The summed E-state index contributed by atoms with van der Waals surface area (Å²) in [6.45, 7) is 2.53. The summed E-state index contributed by atoms with van der Waals surface area (Å²) in [5.74, 6) is 1.21. The molecule has 0 unspecified atom stereocenters. The van der Waals surface area contributed by atoms with Crippen LogP contribution in [0.5, 0.6) is 0 Å². The third kappa shape index (κ3) is 3.70. The number of nitrogens with one attached hydrogen (secondary N) is 1. The second-order valence-corrected chi connectivity index (χ2v) is 8.70. The largest absolute Gasteiger partial charge is 0.283 e. The number of hydrogen-bond acceptors (Lipinski definition) is 5. The van der Waals surface area contributed by atoms with Gasteiger partial charge in [-0.2, -0.15) is 4.98 Å². The van der Waals surface area contributed by atoms with Gasteiger partial charge in [0.15, 0.2) is 15.7 Å². The van der Waals surface area contributed by atoms with E-state index in [-0.39, 0.29) is 17.5 Å². The van der Waals surface area contributed by atoms with E-state index in [1.165, 1.54) is 5.56 Å². The van der Waals surface area contributed by atoms with E-state index >= 15 is 0 Å². The maximum Gasteiger partial charge on any atom is 0.217 e. The van der Waals surface area contributed by atoms with Crippen LogP contribution >= 0.6 is 12.2 Å². The van der Waals surface area contributed by atoms with Crippen molar-refractivity contribution in [3.05, 3.63) is 34.6 Å². The van der Waals surface area contributed by atoms with Crippen molar-refractivity contribution in [3.8, 4) is 11.4 Å². The summed E-state index contributed by atoms with van der Waals surface area (Å²) >= 11 is 5.31. The number of nitrogens with zero attached hydrogens (tertiary/aromatic N) is 3. The lowest BCUT2D eigenvalue weighted by atomic mass is 10.1. The van der Waals surface area contributed by atoms with Gasteiger partial charge in [-0.15, -0.1) is 0 Å². The van der Waals surface area contributed by atoms with E-state index in [9.17, 15) is 8.42 Å². The van der Waals surface area contributed by atoms with Gasteiger partial charge < -0.3 is 0 Å². The van der Waals surface area contributed by atoms with E-state index in [1.807, 2.05) is 43.1 Å². The lowest BCUT2D eigenvalue weighted by Crippen LogP contribution is -2.34. The first-order valence-corrected chi connectivity index (χ1v) is 9.71. The quantitative estimate of drug-likeness (QED) is 0.852. The minimum atomic E-state index is -2.89. The van der Waals surface area contributed by atoms with Crippen LogP contribution in [0.15, 0.2) is 24.3 Å². The van der Waals surface area contributed by atoms with Gasteiger partial charge in [0, 0.05) is 11.6 Å². The molecular weight excluding hydrogens is 332 g/mol. The van der Waals surface area contributed by atoms with Crippen LogP contribution in [0.2, 0.25) is 0 Å². The van der Waals surface area contributed by atoms with E-state index in [0.717, 1.165) is 11.4 Å². The van der Waals surface area contributed by atoms with E-state index in [0.29, 0.717) is 17.9 Å². The van der Waals surface area contributed by atoms with Gasteiger partial charge in [0.25, 0.3) is 0 Å². The molecule has 2 heterocycles. The zero-order chi connectivity index (χ0) is 16.6. The lowest BCUT2D eigenvalue weighted by molar-refractivity contribution is 0.197. The van der Waals surface area contributed by atoms with Crippen molar-refractivity contribution in [2.45, 2.75) is 26.1 Å². The maximum atomic E-state index is 11.6. The molecule has 1 atom stereocenters. The highest BCUT2D eigenvalue weighted by atomic mass is 32.2. The van der Waals surface area contributed by atoms with Crippen molar-refractivity contribution in [3.63, 3.8) is 0 Å². The summed E-state index contributed by atoms with van der Waals surface area (Å²) < 4.78 is 25.5. The number of hydrogen-bond donors (Lipinski definition) is 1. The fraction of sp³-hybridized carbons (Fsp3) is 0.467. The minimum absolute atomic E-state index is 0.0352. The molecule has 0 bridgehead atoms. The van der Waals surface area contributed by atoms with Gasteiger partial charge in [0.2, 0.25) is 4.77 Å². The predicted octanol–water partition coefficient (Wildman–Crippen LogP) is 1.99. The Morgan fingerprint density at radius 1 is 1.39 bits per heavy atom. The minimum Gasteiger partial charge on any atom is -0.283 e. The first kappa shape index (κ1) is 16.4. The van der Waals surface area contributed by atoms with Gasteiger partial charge in [-0.05, 0) is 32.6 Å². The van der Waals surface area contributed by atoms with E-state index in [4.69, 9.17) is 12.2 Å². The molecule has 8 heteroatoms. The Labute approximate surface area is 141 Å². The predicted molar refractivity (Wildman–Crippen MR) is 92.4 cm³/mol. The molecule has 2 aromatic rings. The summed E-state index contributed by atoms with van der Waals surface area (Å²) in [4.78, 5) is 6.41. The van der Waals surface area contributed by atoms with Crippen LogP contribution in [0.3, 0.4) is 0 Å². The highest BCUT2D eigenvalue weighted by molar-refractivity contribution is 7.91. The Balaban J connectivity index is 1.76. The SMILES string of the molecule is Cc1ccc(-c2nc(=S)n(CN(C)[C@H]3CCS(=O)(=O)C3)[nH]2)cc1. The molecule has 0 saturated carbocycles. The molecule has 1 fully saturated rings. The molecular formula is C15H20N4O2S2. The van der Waals surface area contributed by atoms with Gasteiger partial charge in [0.05, 0.1) is 18.2 Å². The molecule has 0 aliphatic carbocycles. The summed E-state index contributed by atoms with van der Waals surface area (Å²) in [6, 6.07) is 8.09. The average molecular weight is 352 g/mol. The van der Waals surface area contributed by atoms with Gasteiger partial charge >= 0.3 is 0 Å². The third-order valence-corrected chi connectivity index (χ3v) is 6.26. The highest BCUT2D eigenvalue weighted by Gasteiger charge is 2.30. The number of benzene rings is 1. The Hall–Kier alpha value is -1.51. The third-order valence-electron chi connectivity index (χ3n) is 4.20. The second-order valence-electron chi connectivity index (χ2n) is 6.10. The number of aromatic nitrogens is 3. The van der Waals surface area contributed by atoms with Crippen molar-refractivity contribution >= 4 is 22.1 Å². The molecule has 1 aliphatic heterocycles. The smallest absolute Gasteiger partial charge is 0.217 e. The molecule has 1 N–H and O–H groups in total. The van der Waals surface area contributed by atoms with Crippen LogP contribution in [-0.4, -0.2) is 52.7 Å². The molecule has 23 heavy (non-hydrogen) atoms. The monoisotopic (exact) mass is 352 g/mol. The van der Waals surface area contributed by atoms with Crippen LogP contribution in [-0.2, 0) is 16.5 Å². The number of H-pyrrole nitrogens is 1. The molecule has 1 saturated heterocycles. The standard InChI is InChI=1S/C15H20N4O2S2/c1-11-3-5-12(6-4-11)14-16-15(22)19(17-14)10-18(2)13-7-8-23(20,21)9-13/h3-6,13H,7-10H2,1-2H3,(H,16,17,22)/t13-/m0/s1. The molecule has 1 aliphatic rings. The fourth-order valence-corrected chi connectivity index (χ4v) is 4.75. The van der Waals surface area contributed by atoms with Crippen LogP contribution in [0, 0.1) is 11.7 Å². The highest BCUT2D eigenvalue weighted by Crippen LogP contribution is 2.18. The first-order chi connectivity index (χ1) is 10.8. The summed E-state index contributed by atoms with van der Waals surface area (Å²) in [5.41, 5.74) is 2.17. The van der Waals surface area contributed by atoms with Crippen LogP contribution in [0.4, 0.5) is 0 Å². The van der Waals surface area contributed by atoms with Crippen molar-refractivity contribution in [1.82, 2.24) is 19.7 Å². The zero-order valence-electron chi connectivity index (χ0n) is 13.2. The Kier molecular flexibility index (Phi) is 4.39. The summed E-state index contributed by atoms with van der Waals surface area (Å²) in [5, 5.41) is 3.20. The molecule has 6 nitrogen and oxygen atoms in total. The molecule has 1 aromatic heterocycles.